The number of amides is 1. The van der Waals surface area contributed by atoms with Gasteiger partial charge in [0, 0.05) is 7.05 Å². The molecule has 1 aromatic carbocycles. The second-order valence-electron chi connectivity index (χ2n) is 7.50. The summed E-state index contributed by atoms with van der Waals surface area (Å²) in [5.74, 6) is 2.34. The predicted octanol–water partition coefficient (Wildman–Crippen LogP) is 2.62. The topological polar surface area (TPSA) is 50.8 Å². The van der Waals surface area contributed by atoms with Crippen molar-refractivity contribution < 1.29 is 14.1 Å². The number of quaternary nitrogens is 1. The van der Waals surface area contributed by atoms with Gasteiger partial charge in [0.05, 0.1) is 35.8 Å². The highest BCUT2D eigenvalue weighted by atomic mass is 32.1. The number of para-hydroxylation sites is 1. The van der Waals surface area contributed by atoms with Crippen molar-refractivity contribution >= 4 is 27.5 Å². The Morgan fingerprint density at radius 2 is 2.19 bits per heavy atom. The Balaban J connectivity index is 1.37. The molecule has 0 spiro atoms. The molecule has 0 saturated carbocycles. The first-order valence-electron chi connectivity index (χ1n) is 9.57. The van der Waals surface area contributed by atoms with Crippen molar-refractivity contribution in [2.24, 2.45) is 0 Å². The number of benzene rings is 1. The SMILES string of the molecule is Cc1ccc(CN(C)C(=O)C[NH+]2CCC[C@@H](c3nc4ccccc4s3)C2)o1. The van der Waals surface area contributed by atoms with E-state index in [2.05, 4.69) is 18.2 Å². The maximum Gasteiger partial charge on any atom is 0.277 e. The summed E-state index contributed by atoms with van der Waals surface area (Å²) in [5.41, 5.74) is 1.09. The molecule has 1 fully saturated rings. The number of thiazole rings is 1. The maximum absolute atomic E-state index is 12.7. The van der Waals surface area contributed by atoms with Crippen LogP contribution in [0.1, 0.15) is 35.3 Å². The monoisotopic (exact) mass is 384 g/mol. The van der Waals surface area contributed by atoms with Gasteiger partial charge in [-0.2, -0.15) is 0 Å². The predicted molar refractivity (Wildman–Crippen MR) is 107 cm³/mol. The number of hydrogen-bond donors (Lipinski definition) is 1. The molecule has 4 rings (SSSR count). The third-order valence-electron chi connectivity index (χ3n) is 5.29. The second kappa shape index (κ2) is 7.82. The summed E-state index contributed by atoms with van der Waals surface area (Å²) in [6.07, 6.45) is 2.31. The summed E-state index contributed by atoms with van der Waals surface area (Å²) >= 11 is 1.80. The van der Waals surface area contributed by atoms with E-state index in [-0.39, 0.29) is 5.91 Å². The lowest BCUT2D eigenvalue weighted by Crippen LogP contribution is -3.14. The number of furan rings is 1. The highest BCUT2D eigenvalue weighted by Gasteiger charge is 2.29. The maximum atomic E-state index is 12.7. The zero-order valence-corrected chi connectivity index (χ0v) is 16.7. The number of carbonyl (C=O) groups excluding carboxylic acids is 1. The van der Waals surface area contributed by atoms with Gasteiger partial charge < -0.3 is 14.2 Å². The van der Waals surface area contributed by atoms with E-state index >= 15 is 0 Å². The summed E-state index contributed by atoms with van der Waals surface area (Å²) in [5, 5.41) is 1.22. The van der Waals surface area contributed by atoms with Crippen molar-refractivity contribution in [1.29, 1.82) is 0 Å². The number of piperidine rings is 1. The van der Waals surface area contributed by atoms with Gasteiger partial charge in [-0.05, 0) is 44.0 Å². The van der Waals surface area contributed by atoms with Gasteiger partial charge in [-0.15, -0.1) is 11.3 Å². The van der Waals surface area contributed by atoms with Crippen LogP contribution in [0, 0.1) is 6.92 Å². The Morgan fingerprint density at radius 3 is 2.96 bits per heavy atom. The van der Waals surface area contributed by atoms with E-state index in [4.69, 9.17) is 9.40 Å². The number of nitrogens with one attached hydrogen (secondary N) is 1. The van der Waals surface area contributed by atoms with Gasteiger partial charge in [-0.25, -0.2) is 4.98 Å². The summed E-state index contributed by atoms with van der Waals surface area (Å²) in [7, 11) is 1.86. The average molecular weight is 385 g/mol. The molecular weight excluding hydrogens is 358 g/mol. The third-order valence-corrected chi connectivity index (χ3v) is 6.49. The number of hydrogen-bond acceptors (Lipinski definition) is 4. The minimum Gasteiger partial charge on any atom is -0.464 e. The molecule has 1 N–H and O–H groups in total. The molecule has 1 amide bonds. The van der Waals surface area contributed by atoms with Crippen LogP contribution < -0.4 is 4.90 Å². The highest BCUT2D eigenvalue weighted by Crippen LogP contribution is 2.30. The minimum atomic E-state index is 0.170. The van der Waals surface area contributed by atoms with Crippen molar-refractivity contribution in [3.05, 3.63) is 52.9 Å². The fourth-order valence-corrected chi connectivity index (χ4v) is 4.93. The van der Waals surface area contributed by atoms with Crippen LogP contribution in [0.15, 0.2) is 40.8 Å². The van der Waals surface area contributed by atoms with Crippen LogP contribution >= 0.6 is 11.3 Å². The molecule has 1 unspecified atom stereocenters. The van der Waals surface area contributed by atoms with Crippen LogP contribution in [-0.2, 0) is 11.3 Å². The first-order valence-corrected chi connectivity index (χ1v) is 10.4. The van der Waals surface area contributed by atoms with Crippen molar-refractivity contribution in [3.8, 4) is 0 Å². The van der Waals surface area contributed by atoms with Gasteiger partial charge in [-0.3, -0.25) is 4.79 Å². The van der Waals surface area contributed by atoms with E-state index in [0.717, 1.165) is 36.5 Å². The van der Waals surface area contributed by atoms with Gasteiger partial charge >= 0.3 is 0 Å². The van der Waals surface area contributed by atoms with Gasteiger partial charge in [0.25, 0.3) is 5.91 Å². The minimum absolute atomic E-state index is 0.170. The largest absolute Gasteiger partial charge is 0.464 e. The Morgan fingerprint density at radius 1 is 1.33 bits per heavy atom. The zero-order valence-electron chi connectivity index (χ0n) is 15.9. The lowest BCUT2D eigenvalue weighted by atomic mass is 9.99. The Hall–Kier alpha value is -2.18. The van der Waals surface area contributed by atoms with Crippen molar-refractivity contribution in [3.63, 3.8) is 0 Å². The van der Waals surface area contributed by atoms with E-state index in [9.17, 15) is 4.79 Å². The summed E-state index contributed by atoms with van der Waals surface area (Å²) in [6, 6.07) is 12.2. The molecule has 3 heterocycles. The second-order valence-corrected chi connectivity index (χ2v) is 8.56. The van der Waals surface area contributed by atoms with Crippen LogP contribution in [0.3, 0.4) is 0 Å². The Bertz CT molecular complexity index is 899. The van der Waals surface area contributed by atoms with E-state index in [1.807, 2.05) is 32.2 Å². The van der Waals surface area contributed by atoms with Crippen molar-refractivity contribution in [1.82, 2.24) is 9.88 Å². The average Bonchev–Trinajstić information content (AvgIpc) is 3.27. The first-order chi connectivity index (χ1) is 13.1. The number of nitrogens with zero attached hydrogens (tertiary/aromatic N) is 2. The fraction of sp³-hybridized carbons (Fsp3) is 0.429. The van der Waals surface area contributed by atoms with E-state index in [1.54, 1.807) is 16.2 Å². The van der Waals surface area contributed by atoms with Crippen LogP contribution in [0.5, 0.6) is 0 Å². The van der Waals surface area contributed by atoms with Crippen molar-refractivity contribution in [2.45, 2.75) is 32.2 Å². The number of aryl methyl sites for hydroxylation is 1. The molecule has 1 saturated heterocycles. The van der Waals surface area contributed by atoms with E-state index in [0.29, 0.717) is 19.0 Å². The molecule has 2 aromatic heterocycles. The van der Waals surface area contributed by atoms with Crippen molar-refractivity contribution in [2.75, 3.05) is 26.7 Å². The molecule has 0 bridgehead atoms. The number of fused-ring (bicyclic) bond motifs is 1. The van der Waals surface area contributed by atoms with Gasteiger partial charge in [0.15, 0.2) is 6.54 Å². The molecule has 0 aliphatic carbocycles. The molecule has 5 nitrogen and oxygen atoms in total. The van der Waals surface area contributed by atoms with Crippen LogP contribution in [0.4, 0.5) is 0 Å². The van der Waals surface area contributed by atoms with Crippen LogP contribution in [0.25, 0.3) is 10.2 Å². The fourth-order valence-electron chi connectivity index (χ4n) is 3.83. The highest BCUT2D eigenvalue weighted by molar-refractivity contribution is 7.18. The molecule has 3 aromatic rings. The van der Waals surface area contributed by atoms with E-state index in [1.165, 1.54) is 21.0 Å². The molecule has 0 radical (unpaired) electrons. The normalized spacial score (nSPS) is 20.1. The number of likely N-dealkylation sites (tertiary alicyclic amines) is 1. The molecule has 1 aliphatic rings. The number of rotatable bonds is 5. The van der Waals surface area contributed by atoms with Gasteiger partial charge in [0.2, 0.25) is 0 Å². The lowest BCUT2D eigenvalue weighted by molar-refractivity contribution is -0.898. The first kappa shape index (κ1) is 18.2. The third kappa shape index (κ3) is 4.22. The molecular formula is C21H26N3O2S+. The summed E-state index contributed by atoms with van der Waals surface area (Å²) < 4.78 is 6.84. The number of aromatic nitrogens is 1. The summed E-state index contributed by atoms with van der Waals surface area (Å²) in [6.45, 7) is 5.03. The van der Waals surface area contributed by atoms with Gasteiger partial charge in [0.1, 0.15) is 16.5 Å². The standard InChI is InChI=1S/C21H25N3O2S/c1-15-9-10-17(26-15)13-23(2)20(25)14-24-11-5-6-16(12-24)21-22-18-7-3-4-8-19(18)27-21/h3-4,7-10,16H,5-6,11-14H2,1-2H3/p+1/t16-/m1/s1. The molecule has 27 heavy (non-hydrogen) atoms. The Kier molecular flexibility index (Phi) is 5.27. The van der Waals surface area contributed by atoms with Crippen LogP contribution in [0.2, 0.25) is 0 Å². The van der Waals surface area contributed by atoms with Gasteiger partial charge in [-0.1, -0.05) is 12.1 Å². The molecule has 6 heteroatoms. The van der Waals surface area contributed by atoms with E-state index < -0.39 is 0 Å². The Labute approximate surface area is 163 Å². The number of carbonyl (C=O) groups is 1. The number of likely N-dealkylation sites (N-methyl/N-ethyl adjacent to an activating group) is 1. The zero-order chi connectivity index (χ0) is 18.8. The quantitative estimate of drug-likeness (QED) is 0.736. The molecule has 2 atom stereocenters. The van der Waals surface area contributed by atoms with Crippen LogP contribution in [-0.4, -0.2) is 42.5 Å². The smallest absolute Gasteiger partial charge is 0.277 e. The lowest BCUT2D eigenvalue weighted by Gasteiger charge is -2.29. The summed E-state index contributed by atoms with van der Waals surface area (Å²) in [4.78, 5) is 20.6. The molecule has 142 valence electrons. The molecule has 1 aliphatic heterocycles.